The van der Waals surface area contributed by atoms with Crippen LogP contribution in [0.15, 0.2) is 41.5 Å². The zero-order chi connectivity index (χ0) is 27.5. The van der Waals surface area contributed by atoms with Gasteiger partial charge in [0.15, 0.2) is 11.6 Å². The van der Waals surface area contributed by atoms with Crippen molar-refractivity contribution >= 4 is 5.96 Å². The van der Waals surface area contributed by atoms with Gasteiger partial charge in [0.25, 0.3) is 0 Å². The Kier molecular flexibility index (Phi) is 8.02. The Hall–Kier alpha value is -3.52. The maximum absolute atomic E-state index is 13.3. The Bertz CT molecular complexity index is 1220. The van der Waals surface area contributed by atoms with Crippen molar-refractivity contribution in [3.8, 4) is 0 Å². The van der Waals surface area contributed by atoms with E-state index in [1.165, 1.54) is 0 Å². The van der Waals surface area contributed by atoms with Gasteiger partial charge in [-0.3, -0.25) is 25.5 Å². The fraction of sp³-hybridized carbons (Fsp3) is 0.542. The number of nitrogens with two attached hydrogens (primary N) is 1. The van der Waals surface area contributed by atoms with Crippen LogP contribution in [0.3, 0.4) is 0 Å². The molecule has 0 aromatic carbocycles. The first kappa shape index (κ1) is 27.5. The van der Waals surface area contributed by atoms with Crippen molar-refractivity contribution in [2.45, 2.75) is 70.0 Å². The molecule has 11 nitrogen and oxygen atoms in total. The van der Waals surface area contributed by atoms with Gasteiger partial charge in [0.2, 0.25) is 0 Å². The number of nitro groups is 1. The van der Waals surface area contributed by atoms with Crippen LogP contribution in [-0.4, -0.2) is 37.4 Å². The van der Waals surface area contributed by atoms with Gasteiger partial charge < -0.3 is 16.0 Å². The molecule has 1 fully saturated rings. The smallest absolute Gasteiger partial charge is 0.329 e. The molecule has 0 bridgehead atoms. The van der Waals surface area contributed by atoms with Crippen LogP contribution in [0, 0.1) is 23.0 Å². The number of guanidine groups is 1. The van der Waals surface area contributed by atoms with Crippen molar-refractivity contribution in [1.82, 2.24) is 30.7 Å². The molecule has 1 saturated carbocycles. The number of alkyl halides is 3. The van der Waals surface area contributed by atoms with E-state index in [9.17, 15) is 23.3 Å². The van der Waals surface area contributed by atoms with Crippen LogP contribution in [0.5, 0.6) is 0 Å². The summed E-state index contributed by atoms with van der Waals surface area (Å²) >= 11 is 0. The van der Waals surface area contributed by atoms with E-state index in [1.807, 2.05) is 24.9 Å². The van der Waals surface area contributed by atoms with Crippen LogP contribution < -0.4 is 21.7 Å². The van der Waals surface area contributed by atoms with Gasteiger partial charge in [0.05, 0.1) is 29.4 Å². The van der Waals surface area contributed by atoms with Crippen molar-refractivity contribution in [1.29, 1.82) is 0 Å². The molecule has 14 heteroatoms. The second kappa shape index (κ2) is 11.1. The predicted molar refractivity (Wildman–Crippen MR) is 134 cm³/mol. The third kappa shape index (κ3) is 6.30. The zero-order valence-electron chi connectivity index (χ0n) is 21.3. The van der Waals surface area contributed by atoms with Crippen LogP contribution in [-0.2, 0) is 26.3 Å². The lowest BCUT2D eigenvalue weighted by molar-refractivity contribution is -0.437. The summed E-state index contributed by atoms with van der Waals surface area (Å²) in [5.74, 6) is 0.195. The number of aromatic nitrogens is 3. The van der Waals surface area contributed by atoms with Crippen LogP contribution in [0.1, 0.15) is 54.5 Å². The highest BCUT2D eigenvalue weighted by molar-refractivity contribution is 5.83. The molecule has 0 saturated heterocycles. The molecule has 0 spiro atoms. The highest BCUT2D eigenvalue weighted by atomic mass is 19.4. The molecule has 0 amide bonds. The zero-order valence-corrected chi connectivity index (χ0v) is 21.3. The second-order valence-corrected chi connectivity index (χ2v) is 9.90. The van der Waals surface area contributed by atoms with Gasteiger partial charge in [0.1, 0.15) is 0 Å². The lowest BCUT2D eigenvalue weighted by atomic mass is 9.79. The van der Waals surface area contributed by atoms with E-state index >= 15 is 0 Å². The maximum Gasteiger partial charge on any atom is 0.416 e. The average Bonchev–Trinajstić information content (AvgIpc) is 3.18. The highest BCUT2D eigenvalue weighted by Gasteiger charge is 2.44. The monoisotopic (exact) mass is 535 g/mol. The molecule has 38 heavy (non-hydrogen) atoms. The standard InChI is InChI=1S/C24H32F3N9O2/c1-15-17(13-33-35(15)2)11-30-19-5-3-16(4-6-19)9-23(28)21(36(37)38)14-32-22(34-23)31-12-18-10-29-8-7-20(18)24(25,26)27/h7-8,10,13-14,16,19,30H,3-6,9,11-12,28H2,1-2H3,(H2,31,32,34). The fourth-order valence-corrected chi connectivity index (χ4v) is 5.03. The van der Waals surface area contributed by atoms with E-state index in [-0.39, 0.29) is 36.1 Å². The van der Waals surface area contributed by atoms with Gasteiger partial charge in [-0.05, 0) is 51.0 Å². The molecular formula is C24H32F3N9O2. The van der Waals surface area contributed by atoms with Crippen LogP contribution in [0.4, 0.5) is 13.2 Å². The first-order chi connectivity index (χ1) is 18.0. The number of aliphatic imine (C=N–C) groups is 1. The van der Waals surface area contributed by atoms with Crippen molar-refractivity contribution in [3.05, 3.63) is 69.1 Å². The maximum atomic E-state index is 13.3. The minimum atomic E-state index is -4.55. The minimum absolute atomic E-state index is 0.0669. The molecule has 1 aliphatic heterocycles. The van der Waals surface area contributed by atoms with E-state index in [1.54, 1.807) is 0 Å². The van der Waals surface area contributed by atoms with E-state index in [0.717, 1.165) is 68.1 Å². The average molecular weight is 536 g/mol. The number of hydrogen-bond donors (Lipinski definition) is 4. The predicted octanol–water partition coefficient (Wildman–Crippen LogP) is 2.70. The fourth-order valence-electron chi connectivity index (χ4n) is 5.03. The molecule has 1 aliphatic carbocycles. The molecule has 1 atom stereocenters. The SMILES string of the molecule is Cc1c(CNC2CCC(CC3(N)NC(=NCc4cnccc4C(F)(F)F)NC=C3[N+](=O)[O-])CC2)cnn1C. The van der Waals surface area contributed by atoms with Crippen molar-refractivity contribution in [3.63, 3.8) is 0 Å². The Morgan fingerprint density at radius 2 is 2.03 bits per heavy atom. The number of hydrogen-bond acceptors (Lipinski definition) is 7. The van der Waals surface area contributed by atoms with Crippen molar-refractivity contribution in [2.24, 2.45) is 23.7 Å². The highest BCUT2D eigenvalue weighted by Crippen LogP contribution is 2.34. The molecule has 2 aromatic rings. The Labute approximate surface area is 217 Å². The normalized spacial score (nSPS) is 25.0. The first-order valence-electron chi connectivity index (χ1n) is 12.4. The number of nitrogens with zero attached hydrogens (tertiary/aromatic N) is 5. The molecule has 206 valence electrons. The number of pyridine rings is 1. The van der Waals surface area contributed by atoms with Gasteiger partial charge in [-0.25, -0.2) is 4.99 Å². The molecule has 0 radical (unpaired) electrons. The molecular weight excluding hydrogens is 503 g/mol. The van der Waals surface area contributed by atoms with Gasteiger partial charge in [-0.2, -0.15) is 18.3 Å². The van der Waals surface area contributed by atoms with Gasteiger partial charge in [-0.1, -0.05) is 0 Å². The third-order valence-corrected chi connectivity index (χ3v) is 7.33. The Morgan fingerprint density at radius 3 is 2.66 bits per heavy atom. The number of aryl methyl sites for hydroxylation is 1. The summed E-state index contributed by atoms with van der Waals surface area (Å²) in [6, 6.07) is 1.21. The van der Waals surface area contributed by atoms with E-state index in [2.05, 4.69) is 31.0 Å². The summed E-state index contributed by atoms with van der Waals surface area (Å²) in [7, 11) is 1.91. The molecule has 5 N–H and O–H groups in total. The molecule has 1 unspecified atom stereocenters. The number of halogens is 3. The molecule has 4 rings (SSSR count). The second-order valence-electron chi connectivity index (χ2n) is 9.90. The molecule has 2 aromatic heterocycles. The summed E-state index contributed by atoms with van der Waals surface area (Å²) in [4.78, 5) is 19.1. The topological polar surface area (TPSA) is 148 Å². The Balaban J connectivity index is 1.38. The first-order valence-corrected chi connectivity index (χ1v) is 12.4. The van der Waals surface area contributed by atoms with E-state index in [4.69, 9.17) is 5.73 Å². The van der Waals surface area contributed by atoms with Gasteiger partial charge >= 0.3 is 11.9 Å². The summed E-state index contributed by atoms with van der Waals surface area (Å²) in [5, 5.41) is 25.1. The van der Waals surface area contributed by atoms with Crippen molar-refractivity contribution in [2.75, 3.05) is 0 Å². The van der Waals surface area contributed by atoms with Crippen LogP contribution in [0.2, 0.25) is 0 Å². The molecule has 2 aliphatic rings. The third-order valence-electron chi connectivity index (χ3n) is 7.33. The van der Waals surface area contributed by atoms with Crippen LogP contribution >= 0.6 is 0 Å². The minimum Gasteiger partial charge on any atom is -0.329 e. The van der Waals surface area contributed by atoms with Crippen molar-refractivity contribution < 1.29 is 18.1 Å². The van der Waals surface area contributed by atoms with E-state index in [0.29, 0.717) is 6.04 Å². The largest absolute Gasteiger partial charge is 0.416 e. The summed E-state index contributed by atoms with van der Waals surface area (Å²) in [5.41, 5.74) is 6.06. The summed E-state index contributed by atoms with van der Waals surface area (Å²) in [6.07, 6.45) is 4.39. The quantitative estimate of drug-likeness (QED) is 0.298. The molecule has 3 heterocycles. The summed E-state index contributed by atoms with van der Waals surface area (Å²) in [6.45, 7) is 2.42. The summed E-state index contributed by atoms with van der Waals surface area (Å²) < 4.78 is 41.7. The van der Waals surface area contributed by atoms with Gasteiger partial charge in [0, 0.05) is 48.8 Å². The number of nitrogens with one attached hydrogen (secondary N) is 3. The van der Waals surface area contributed by atoms with E-state index < -0.39 is 22.3 Å². The van der Waals surface area contributed by atoms with Gasteiger partial charge in [-0.15, -0.1) is 0 Å². The van der Waals surface area contributed by atoms with Crippen LogP contribution in [0.25, 0.3) is 0 Å². The number of rotatable bonds is 8. The Morgan fingerprint density at radius 1 is 1.29 bits per heavy atom. The lowest BCUT2D eigenvalue weighted by Crippen LogP contribution is -2.64. The lowest BCUT2D eigenvalue weighted by Gasteiger charge is -2.37.